The molecular formula is C22H20IN3O. The molecule has 1 aliphatic heterocycles. The molecule has 0 fully saturated rings. The van der Waals surface area contributed by atoms with Gasteiger partial charge in [0.25, 0.3) is 5.91 Å². The molecule has 4 nitrogen and oxygen atoms in total. The van der Waals surface area contributed by atoms with E-state index in [0.717, 1.165) is 27.1 Å². The van der Waals surface area contributed by atoms with E-state index < -0.39 is 0 Å². The quantitative estimate of drug-likeness (QED) is 0.549. The number of nitrogens with zero attached hydrogens (tertiary/aromatic N) is 1. The molecule has 1 heterocycles. The Morgan fingerprint density at radius 1 is 1.07 bits per heavy atom. The number of anilines is 2. The highest BCUT2D eigenvalue weighted by atomic mass is 127. The van der Waals surface area contributed by atoms with E-state index in [1.807, 2.05) is 24.3 Å². The SMILES string of the molecule is O=C(NCCN1C=CCNc2c1ccc1ccccc21)c1ccccc1I. The number of benzene rings is 3. The highest BCUT2D eigenvalue weighted by Crippen LogP contribution is 2.35. The summed E-state index contributed by atoms with van der Waals surface area (Å²) in [5, 5.41) is 8.98. The van der Waals surface area contributed by atoms with Crippen LogP contribution >= 0.6 is 22.6 Å². The fourth-order valence-electron chi connectivity index (χ4n) is 3.33. The summed E-state index contributed by atoms with van der Waals surface area (Å²) in [4.78, 5) is 14.6. The Kier molecular flexibility index (Phi) is 5.29. The number of hydrogen-bond acceptors (Lipinski definition) is 3. The van der Waals surface area contributed by atoms with Gasteiger partial charge in [0, 0.05) is 34.8 Å². The lowest BCUT2D eigenvalue weighted by atomic mass is 10.1. The van der Waals surface area contributed by atoms with Crippen LogP contribution in [0.5, 0.6) is 0 Å². The lowest BCUT2D eigenvalue weighted by Crippen LogP contribution is -2.32. The van der Waals surface area contributed by atoms with Crippen molar-refractivity contribution in [1.29, 1.82) is 0 Å². The Morgan fingerprint density at radius 3 is 2.78 bits per heavy atom. The van der Waals surface area contributed by atoms with Crippen molar-refractivity contribution in [1.82, 2.24) is 5.32 Å². The first-order valence-electron chi connectivity index (χ1n) is 8.96. The Labute approximate surface area is 172 Å². The molecule has 27 heavy (non-hydrogen) atoms. The zero-order valence-corrected chi connectivity index (χ0v) is 16.9. The summed E-state index contributed by atoms with van der Waals surface area (Å²) in [7, 11) is 0. The molecule has 4 rings (SSSR count). The van der Waals surface area contributed by atoms with Gasteiger partial charge in [0.15, 0.2) is 0 Å². The number of hydrogen-bond donors (Lipinski definition) is 2. The molecule has 0 bridgehead atoms. The van der Waals surface area contributed by atoms with Crippen LogP contribution in [0.25, 0.3) is 10.8 Å². The van der Waals surface area contributed by atoms with Gasteiger partial charge in [-0.1, -0.05) is 42.5 Å². The average Bonchev–Trinajstić information content (AvgIpc) is 2.91. The summed E-state index contributed by atoms with van der Waals surface area (Å²) in [6.45, 7) is 2.06. The standard InChI is InChI=1S/C22H20IN3O/c23-19-9-4-3-8-18(19)22(27)25-13-15-26-14-5-12-24-21-17-7-2-1-6-16(17)10-11-20(21)26/h1-11,14,24H,12-13,15H2,(H,25,27). The number of fused-ring (bicyclic) bond motifs is 3. The maximum absolute atomic E-state index is 12.4. The normalized spacial score (nSPS) is 13.0. The fraction of sp³-hybridized carbons (Fsp3) is 0.136. The summed E-state index contributed by atoms with van der Waals surface area (Å²) >= 11 is 2.19. The van der Waals surface area contributed by atoms with Crippen LogP contribution in [-0.2, 0) is 0 Å². The van der Waals surface area contributed by atoms with Gasteiger partial charge in [0.2, 0.25) is 0 Å². The highest BCUT2D eigenvalue weighted by Gasteiger charge is 2.15. The van der Waals surface area contributed by atoms with E-state index >= 15 is 0 Å². The number of carbonyl (C=O) groups is 1. The second kappa shape index (κ2) is 8.00. The van der Waals surface area contributed by atoms with Crippen LogP contribution in [0.2, 0.25) is 0 Å². The van der Waals surface area contributed by atoms with E-state index in [-0.39, 0.29) is 5.91 Å². The molecule has 0 atom stereocenters. The van der Waals surface area contributed by atoms with Gasteiger partial charge in [-0.05, 0) is 52.3 Å². The summed E-state index contributed by atoms with van der Waals surface area (Å²) in [6.07, 6.45) is 4.20. The van der Waals surface area contributed by atoms with Crippen molar-refractivity contribution in [3.8, 4) is 0 Å². The maximum Gasteiger partial charge on any atom is 0.252 e. The van der Waals surface area contributed by atoms with Crippen molar-refractivity contribution in [2.45, 2.75) is 0 Å². The third-order valence-electron chi connectivity index (χ3n) is 4.66. The maximum atomic E-state index is 12.4. The predicted molar refractivity (Wildman–Crippen MR) is 120 cm³/mol. The minimum atomic E-state index is -0.0318. The second-order valence-corrected chi connectivity index (χ2v) is 7.54. The van der Waals surface area contributed by atoms with Crippen LogP contribution in [-0.4, -0.2) is 25.5 Å². The van der Waals surface area contributed by atoms with Crippen LogP contribution in [0.3, 0.4) is 0 Å². The first-order valence-corrected chi connectivity index (χ1v) is 10.0. The minimum Gasteiger partial charge on any atom is -0.379 e. The van der Waals surface area contributed by atoms with E-state index in [2.05, 4.69) is 86.8 Å². The fourth-order valence-corrected chi connectivity index (χ4v) is 3.96. The van der Waals surface area contributed by atoms with Crippen molar-refractivity contribution in [3.05, 3.63) is 82.1 Å². The molecule has 0 aromatic heterocycles. The van der Waals surface area contributed by atoms with Gasteiger partial charge in [-0.15, -0.1) is 0 Å². The zero-order valence-electron chi connectivity index (χ0n) is 14.8. The lowest BCUT2D eigenvalue weighted by molar-refractivity contribution is 0.0954. The molecule has 1 amide bonds. The van der Waals surface area contributed by atoms with Crippen molar-refractivity contribution < 1.29 is 4.79 Å². The molecule has 0 unspecified atom stereocenters. The van der Waals surface area contributed by atoms with Crippen LogP contribution in [0.1, 0.15) is 10.4 Å². The smallest absolute Gasteiger partial charge is 0.252 e. The molecule has 5 heteroatoms. The molecule has 2 N–H and O–H groups in total. The van der Waals surface area contributed by atoms with Crippen LogP contribution in [0.4, 0.5) is 11.4 Å². The molecule has 3 aromatic rings. The molecule has 0 radical (unpaired) electrons. The number of amides is 1. The van der Waals surface area contributed by atoms with Gasteiger partial charge in [0.05, 0.1) is 16.9 Å². The molecule has 1 aliphatic rings. The van der Waals surface area contributed by atoms with Gasteiger partial charge in [-0.25, -0.2) is 0 Å². The number of rotatable bonds is 4. The molecule has 0 saturated carbocycles. The Balaban J connectivity index is 1.51. The Morgan fingerprint density at radius 2 is 1.89 bits per heavy atom. The molecule has 0 aliphatic carbocycles. The minimum absolute atomic E-state index is 0.0318. The predicted octanol–water partition coefficient (Wildman–Crippen LogP) is 4.62. The van der Waals surface area contributed by atoms with Crippen molar-refractivity contribution in [2.75, 3.05) is 29.9 Å². The molecule has 136 valence electrons. The molecule has 3 aromatic carbocycles. The topological polar surface area (TPSA) is 44.4 Å². The van der Waals surface area contributed by atoms with E-state index in [9.17, 15) is 4.79 Å². The van der Waals surface area contributed by atoms with Gasteiger partial charge in [0.1, 0.15) is 0 Å². The first-order chi connectivity index (χ1) is 13.2. The van der Waals surface area contributed by atoms with Crippen LogP contribution < -0.4 is 15.5 Å². The summed E-state index contributed by atoms with van der Waals surface area (Å²) in [6, 6.07) is 20.3. The Bertz CT molecular complexity index is 1020. The molecular weight excluding hydrogens is 449 g/mol. The van der Waals surface area contributed by atoms with E-state index in [1.54, 1.807) is 0 Å². The Hall–Kier alpha value is -2.54. The number of nitrogens with one attached hydrogen (secondary N) is 2. The third kappa shape index (κ3) is 3.78. The van der Waals surface area contributed by atoms with Gasteiger partial charge in [-0.2, -0.15) is 0 Å². The van der Waals surface area contributed by atoms with E-state index in [1.165, 1.54) is 10.8 Å². The van der Waals surface area contributed by atoms with Gasteiger partial charge < -0.3 is 15.5 Å². The van der Waals surface area contributed by atoms with Crippen molar-refractivity contribution in [2.24, 2.45) is 0 Å². The molecule has 0 saturated heterocycles. The third-order valence-corrected chi connectivity index (χ3v) is 5.60. The first kappa shape index (κ1) is 17.9. The largest absolute Gasteiger partial charge is 0.379 e. The zero-order chi connectivity index (χ0) is 18.6. The lowest BCUT2D eigenvalue weighted by Gasteiger charge is -2.23. The monoisotopic (exact) mass is 469 g/mol. The summed E-state index contributed by atoms with van der Waals surface area (Å²) in [5.74, 6) is -0.0318. The van der Waals surface area contributed by atoms with Gasteiger partial charge >= 0.3 is 0 Å². The molecule has 0 spiro atoms. The average molecular weight is 469 g/mol. The summed E-state index contributed by atoms with van der Waals surface area (Å²) < 4.78 is 0.961. The van der Waals surface area contributed by atoms with Crippen LogP contribution in [0, 0.1) is 3.57 Å². The van der Waals surface area contributed by atoms with E-state index in [4.69, 9.17) is 0 Å². The van der Waals surface area contributed by atoms with Crippen LogP contribution in [0.15, 0.2) is 72.9 Å². The highest BCUT2D eigenvalue weighted by molar-refractivity contribution is 14.1. The van der Waals surface area contributed by atoms with Crippen molar-refractivity contribution >= 4 is 50.6 Å². The number of carbonyl (C=O) groups excluding carboxylic acids is 1. The van der Waals surface area contributed by atoms with Crippen molar-refractivity contribution in [3.63, 3.8) is 0 Å². The number of halogens is 1. The van der Waals surface area contributed by atoms with Gasteiger partial charge in [-0.3, -0.25) is 4.79 Å². The second-order valence-electron chi connectivity index (χ2n) is 6.38. The summed E-state index contributed by atoms with van der Waals surface area (Å²) in [5.41, 5.74) is 2.99. The van der Waals surface area contributed by atoms with E-state index in [0.29, 0.717) is 13.1 Å².